The molecular formula is C25H37NO3. The highest BCUT2D eigenvalue weighted by molar-refractivity contribution is 5.41. The van der Waals surface area contributed by atoms with Crippen molar-refractivity contribution < 1.29 is 14.6 Å². The number of rotatable bonds is 1. The van der Waals surface area contributed by atoms with Crippen molar-refractivity contribution >= 4 is 0 Å². The minimum absolute atomic E-state index is 0.181. The summed E-state index contributed by atoms with van der Waals surface area (Å²) in [7, 11) is 2.01. The van der Waals surface area contributed by atoms with Crippen LogP contribution in [0.3, 0.4) is 0 Å². The third-order valence-electron chi connectivity index (χ3n) is 7.81. The molecule has 0 bridgehead atoms. The van der Waals surface area contributed by atoms with Gasteiger partial charge >= 0.3 is 0 Å². The summed E-state index contributed by atoms with van der Waals surface area (Å²) in [6.45, 7) is 7.78. The van der Waals surface area contributed by atoms with Crippen molar-refractivity contribution in [1.29, 1.82) is 0 Å². The average molecular weight is 400 g/mol. The summed E-state index contributed by atoms with van der Waals surface area (Å²) in [5.74, 6) is 2.61. The standard InChI is InChI=1S/C23H31NO3.C2H6/c1-23-10-9-19-18-7-5-17(25)11-15(18)3-6-20(19)21(23)8-4-16(23)12-22-26-13-24(2)14-27-22;1-2/h5,7,11-12,19-22,25H,3-4,6,8-10,13-14H2,1-2H3;1-2H3/b16-12+;. The molecule has 1 heterocycles. The van der Waals surface area contributed by atoms with Gasteiger partial charge in [0, 0.05) is 0 Å². The van der Waals surface area contributed by atoms with Crippen LogP contribution in [0.25, 0.3) is 0 Å². The van der Waals surface area contributed by atoms with Crippen LogP contribution in [0.2, 0.25) is 0 Å². The first-order valence-electron chi connectivity index (χ1n) is 11.5. The summed E-state index contributed by atoms with van der Waals surface area (Å²) >= 11 is 0. The number of phenols is 1. The summed E-state index contributed by atoms with van der Waals surface area (Å²) in [5.41, 5.74) is 4.75. The van der Waals surface area contributed by atoms with Gasteiger partial charge in [-0.05, 0) is 98.1 Å². The molecule has 0 amide bonds. The smallest absolute Gasteiger partial charge is 0.180 e. The van der Waals surface area contributed by atoms with Gasteiger partial charge in [-0.1, -0.05) is 32.4 Å². The highest BCUT2D eigenvalue weighted by Gasteiger charge is 2.52. The quantitative estimate of drug-likeness (QED) is 0.640. The lowest BCUT2D eigenvalue weighted by Gasteiger charge is -2.49. The average Bonchev–Trinajstić information content (AvgIpc) is 3.07. The van der Waals surface area contributed by atoms with Crippen molar-refractivity contribution in [2.75, 3.05) is 20.5 Å². The van der Waals surface area contributed by atoms with Gasteiger partial charge in [0.1, 0.15) is 19.2 Å². The van der Waals surface area contributed by atoms with Crippen molar-refractivity contribution in [2.24, 2.45) is 17.3 Å². The molecule has 1 aromatic rings. The molecule has 3 fully saturated rings. The van der Waals surface area contributed by atoms with E-state index >= 15 is 0 Å². The van der Waals surface area contributed by atoms with Gasteiger partial charge in [0.2, 0.25) is 0 Å². The number of allylic oxidation sites excluding steroid dienone is 1. The SMILES string of the molecule is CC.CN1COC(/C=C2\CCC3C4CCc5cc(O)ccc5C4CCC23C)OC1. The van der Waals surface area contributed by atoms with Gasteiger partial charge in [0.15, 0.2) is 6.29 Å². The maximum Gasteiger partial charge on any atom is 0.180 e. The molecule has 1 saturated heterocycles. The molecule has 29 heavy (non-hydrogen) atoms. The summed E-state index contributed by atoms with van der Waals surface area (Å²) in [5, 5.41) is 9.85. The maximum absolute atomic E-state index is 9.85. The number of benzene rings is 1. The third-order valence-corrected chi connectivity index (χ3v) is 7.81. The second-order valence-electron chi connectivity index (χ2n) is 9.30. The topological polar surface area (TPSA) is 41.9 Å². The Labute approximate surface area is 175 Å². The van der Waals surface area contributed by atoms with E-state index in [0.29, 0.717) is 30.5 Å². The number of ether oxygens (including phenoxy) is 2. The molecule has 4 nitrogen and oxygen atoms in total. The molecule has 3 aliphatic carbocycles. The minimum atomic E-state index is -0.181. The number of fused-ring (bicyclic) bond motifs is 5. The zero-order valence-corrected chi connectivity index (χ0v) is 18.5. The van der Waals surface area contributed by atoms with Gasteiger partial charge < -0.3 is 14.6 Å². The number of nitrogens with zero attached hydrogens (tertiary/aromatic N) is 1. The monoisotopic (exact) mass is 399 g/mol. The zero-order valence-electron chi connectivity index (χ0n) is 18.5. The highest BCUT2D eigenvalue weighted by Crippen LogP contribution is 2.62. The van der Waals surface area contributed by atoms with E-state index in [9.17, 15) is 5.11 Å². The Balaban J connectivity index is 0.000000994. The number of phenolic OH excluding ortho intramolecular Hbond substituents is 1. The first-order valence-corrected chi connectivity index (χ1v) is 11.5. The van der Waals surface area contributed by atoms with Gasteiger partial charge in [-0.15, -0.1) is 0 Å². The Kier molecular flexibility index (Phi) is 6.06. The molecule has 160 valence electrons. The molecule has 0 radical (unpaired) electrons. The van der Waals surface area contributed by atoms with E-state index in [0.717, 1.165) is 18.3 Å². The number of aromatic hydroxyl groups is 1. The Hall–Kier alpha value is -1.36. The second-order valence-corrected chi connectivity index (χ2v) is 9.30. The minimum Gasteiger partial charge on any atom is -0.508 e. The van der Waals surface area contributed by atoms with Crippen molar-refractivity contribution in [2.45, 2.75) is 71.5 Å². The molecule has 2 saturated carbocycles. The molecule has 0 spiro atoms. The molecule has 5 rings (SSSR count). The molecular weight excluding hydrogens is 362 g/mol. The number of hydrogen-bond acceptors (Lipinski definition) is 4. The number of hydrogen-bond donors (Lipinski definition) is 1. The zero-order chi connectivity index (χ0) is 20.6. The predicted molar refractivity (Wildman–Crippen MR) is 116 cm³/mol. The Morgan fingerprint density at radius 2 is 1.86 bits per heavy atom. The lowest BCUT2D eigenvalue weighted by Crippen LogP contribution is -2.41. The first-order chi connectivity index (χ1) is 14.0. The Morgan fingerprint density at radius 3 is 2.62 bits per heavy atom. The van der Waals surface area contributed by atoms with E-state index < -0.39 is 0 Å². The van der Waals surface area contributed by atoms with E-state index in [1.165, 1.54) is 43.2 Å². The fourth-order valence-electron chi connectivity index (χ4n) is 6.44. The lowest BCUT2D eigenvalue weighted by atomic mass is 9.55. The van der Waals surface area contributed by atoms with Crippen molar-refractivity contribution in [3.63, 3.8) is 0 Å². The summed E-state index contributed by atoms with van der Waals surface area (Å²) < 4.78 is 11.7. The van der Waals surface area contributed by atoms with Crippen molar-refractivity contribution in [3.8, 4) is 5.75 Å². The molecule has 4 unspecified atom stereocenters. The van der Waals surface area contributed by atoms with Gasteiger partial charge in [-0.3, -0.25) is 4.90 Å². The molecule has 1 aliphatic heterocycles. The van der Waals surface area contributed by atoms with Crippen LogP contribution < -0.4 is 0 Å². The van der Waals surface area contributed by atoms with Gasteiger partial charge in [0.05, 0.1) is 0 Å². The van der Waals surface area contributed by atoms with E-state index in [4.69, 9.17) is 9.47 Å². The van der Waals surface area contributed by atoms with Crippen LogP contribution in [0.15, 0.2) is 29.8 Å². The fourth-order valence-corrected chi connectivity index (χ4v) is 6.44. The normalized spacial score (nSPS) is 36.0. The van der Waals surface area contributed by atoms with Crippen LogP contribution in [0.1, 0.15) is 69.9 Å². The Morgan fingerprint density at radius 1 is 1.10 bits per heavy atom. The molecule has 4 heteroatoms. The fraction of sp³-hybridized carbons (Fsp3) is 0.680. The molecule has 4 atom stereocenters. The highest BCUT2D eigenvalue weighted by atomic mass is 16.7. The first kappa shape index (κ1) is 20.9. The van der Waals surface area contributed by atoms with Gasteiger partial charge in [-0.2, -0.15) is 0 Å². The van der Waals surface area contributed by atoms with E-state index in [2.05, 4.69) is 19.1 Å². The Bertz CT molecular complexity index is 752. The van der Waals surface area contributed by atoms with Gasteiger partial charge in [0.25, 0.3) is 0 Å². The lowest BCUT2D eigenvalue weighted by molar-refractivity contribution is -0.217. The van der Waals surface area contributed by atoms with Crippen LogP contribution in [-0.4, -0.2) is 36.8 Å². The third kappa shape index (κ3) is 3.75. The van der Waals surface area contributed by atoms with E-state index in [1.807, 2.05) is 37.9 Å². The van der Waals surface area contributed by atoms with Crippen molar-refractivity contribution in [1.82, 2.24) is 4.90 Å². The van der Waals surface area contributed by atoms with E-state index in [-0.39, 0.29) is 6.29 Å². The van der Waals surface area contributed by atoms with Crippen LogP contribution in [-0.2, 0) is 15.9 Å². The van der Waals surface area contributed by atoms with Crippen LogP contribution in [0, 0.1) is 17.3 Å². The van der Waals surface area contributed by atoms with Crippen LogP contribution >= 0.6 is 0 Å². The van der Waals surface area contributed by atoms with Gasteiger partial charge in [-0.25, -0.2) is 0 Å². The summed E-state index contributed by atoms with van der Waals surface area (Å²) in [6, 6.07) is 6.06. The molecule has 1 aromatic carbocycles. The van der Waals surface area contributed by atoms with Crippen molar-refractivity contribution in [3.05, 3.63) is 41.0 Å². The molecule has 0 aromatic heterocycles. The predicted octanol–water partition coefficient (Wildman–Crippen LogP) is 5.42. The van der Waals surface area contributed by atoms with E-state index in [1.54, 1.807) is 5.57 Å². The maximum atomic E-state index is 9.85. The van der Waals surface area contributed by atoms with Crippen LogP contribution in [0.4, 0.5) is 0 Å². The second kappa shape index (κ2) is 8.41. The largest absolute Gasteiger partial charge is 0.508 e. The molecule has 4 aliphatic rings. The van der Waals surface area contributed by atoms with Crippen LogP contribution in [0.5, 0.6) is 5.75 Å². The summed E-state index contributed by atoms with van der Waals surface area (Å²) in [6.07, 6.45) is 9.46. The summed E-state index contributed by atoms with van der Waals surface area (Å²) in [4.78, 5) is 2.04. The molecule has 1 N–H and O–H groups in total. The number of aryl methyl sites for hydroxylation is 1.